The summed E-state index contributed by atoms with van der Waals surface area (Å²) in [5.41, 5.74) is 1.45. The van der Waals surface area contributed by atoms with Crippen molar-refractivity contribution in [3.05, 3.63) is 63.7 Å². The van der Waals surface area contributed by atoms with Crippen molar-refractivity contribution in [2.24, 2.45) is 0 Å². The van der Waals surface area contributed by atoms with Crippen LogP contribution in [0.5, 0.6) is 0 Å². The number of para-hydroxylation sites is 1. The Morgan fingerprint density at radius 2 is 1.95 bits per heavy atom. The molecule has 0 spiro atoms. The van der Waals surface area contributed by atoms with Gasteiger partial charge in [-0.2, -0.15) is 0 Å². The van der Waals surface area contributed by atoms with Crippen LogP contribution in [0.1, 0.15) is 0 Å². The van der Waals surface area contributed by atoms with E-state index in [9.17, 15) is 4.79 Å². The number of thioether (sulfide) groups is 1. The van der Waals surface area contributed by atoms with E-state index in [4.69, 9.17) is 12.2 Å². The van der Waals surface area contributed by atoms with Gasteiger partial charge < -0.3 is 4.98 Å². The fourth-order valence-electron chi connectivity index (χ4n) is 2.15. The Bertz CT molecular complexity index is 896. The number of rotatable bonds is 2. The first kappa shape index (κ1) is 13.1. The Labute approximate surface area is 125 Å². The lowest BCUT2D eigenvalue weighted by atomic mass is 10.2. The van der Waals surface area contributed by atoms with Crippen LogP contribution in [0.2, 0.25) is 0 Å². The minimum absolute atomic E-state index is 0.0948. The summed E-state index contributed by atoms with van der Waals surface area (Å²) in [5, 5.41) is 0.635. The summed E-state index contributed by atoms with van der Waals surface area (Å²) in [4.78, 5) is 16.8. The largest absolute Gasteiger partial charge is 0.331 e. The van der Waals surface area contributed by atoms with Gasteiger partial charge in [0.05, 0.1) is 16.6 Å². The zero-order chi connectivity index (χ0) is 14.1. The van der Waals surface area contributed by atoms with Gasteiger partial charge in [0, 0.05) is 4.90 Å². The molecule has 0 saturated carbocycles. The summed E-state index contributed by atoms with van der Waals surface area (Å²) in [6.07, 6.45) is 2.00. The minimum atomic E-state index is -0.0948. The molecule has 3 nitrogen and oxygen atoms in total. The fourth-order valence-corrected chi connectivity index (χ4v) is 2.90. The molecule has 0 aliphatic carbocycles. The van der Waals surface area contributed by atoms with E-state index >= 15 is 0 Å². The SMILES string of the molecule is CSc1cccc(-n2c(=S)[nH]c3ccccc3c2=O)c1. The maximum Gasteiger partial charge on any atom is 0.266 e. The van der Waals surface area contributed by atoms with Crippen LogP contribution in [-0.2, 0) is 0 Å². The molecule has 0 saturated heterocycles. The van der Waals surface area contributed by atoms with Gasteiger partial charge in [0.15, 0.2) is 4.77 Å². The second-order valence-electron chi connectivity index (χ2n) is 4.32. The number of nitrogens with zero attached hydrogens (tertiary/aromatic N) is 1. The smallest absolute Gasteiger partial charge is 0.266 e. The maximum atomic E-state index is 12.6. The van der Waals surface area contributed by atoms with Crippen LogP contribution in [0.4, 0.5) is 0 Å². The molecule has 0 aliphatic rings. The van der Waals surface area contributed by atoms with E-state index in [0.717, 1.165) is 16.1 Å². The van der Waals surface area contributed by atoms with Crippen molar-refractivity contribution in [2.45, 2.75) is 4.90 Å². The predicted octanol–water partition coefficient (Wildman–Crippen LogP) is 3.77. The van der Waals surface area contributed by atoms with E-state index in [0.29, 0.717) is 10.2 Å². The molecule has 0 bridgehead atoms. The van der Waals surface area contributed by atoms with Crippen LogP contribution in [-0.4, -0.2) is 15.8 Å². The first-order valence-corrected chi connectivity index (χ1v) is 7.72. The molecule has 100 valence electrons. The van der Waals surface area contributed by atoms with Gasteiger partial charge in [-0.25, -0.2) is 0 Å². The number of hydrogen-bond acceptors (Lipinski definition) is 3. The number of fused-ring (bicyclic) bond motifs is 1. The zero-order valence-corrected chi connectivity index (χ0v) is 12.4. The molecule has 2 aromatic carbocycles. The monoisotopic (exact) mass is 300 g/mol. The third-order valence-electron chi connectivity index (χ3n) is 3.12. The molecule has 1 heterocycles. The quantitative estimate of drug-likeness (QED) is 0.578. The molecule has 0 atom stereocenters. The average molecular weight is 300 g/mol. The zero-order valence-electron chi connectivity index (χ0n) is 10.8. The van der Waals surface area contributed by atoms with Crippen molar-refractivity contribution < 1.29 is 0 Å². The molecule has 5 heteroatoms. The van der Waals surface area contributed by atoms with E-state index in [1.807, 2.05) is 48.7 Å². The molecule has 3 rings (SSSR count). The third kappa shape index (κ3) is 2.19. The Morgan fingerprint density at radius 3 is 2.75 bits per heavy atom. The van der Waals surface area contributed by atoms with Crippen LogP contribution < -0.4 is 5.56 Å². The summed E-state index contributed by atoms with van der Waals surface area (Å²) in [6, 6.07) is 15.2. The molecular weight excluding hydrogens is 288 g/mol. The molecule has 1 N–H and O–H groups in total. The number of aromatic nitrogens is 2. The molecule has 20 heavy (non-hydrogen) atoms. The number of H-pyrrole nitrogens is 1. The van der Waals surface area contributed by atoms with Gasteiger partial charge in [-0.05, 0) is 48.8 Å². The highest BCUT2D eigenvalue weighted by Gasteiger charge is 2.07. The van der Waals surface area contributed by atoms with Gasteiger partial charge in [0.1, 0.15) is 0 Å². The lowest BCUT2D eigenvalue weighted by molar-refractivity contribution is 0.936. The normalized spacial score (nSPS) is 10.8. The summed E-state index contributed by atoms with van der Waals surface area (Å²) >= 11 is 6.96. The van der Waals surface area contributed by atoms with Gasteiger partial charge in [-0.1, -0.05) is 18.2 Å². The minimum Gasteiger partial charge on any atom is -0.331 e. The lowest BCUT2D eigenvalue weighted by Crippen LogP contribution is -2.20. The fraction of sp³-hybridized carbons (Fsp3) is 0.0667. The Hall–Kier alpha value is -1.85. The van der Waals surface area contributed by atoms with Crippen LogP contribution >= 0.6 is 24.0 Å². The number of nitrogens with one attached hydrogen (secondary N) is 1. The van der Waals surface area contributed by atoms with Crippen LogP contribution in [0.15, 0.2) is 58.2 Å². The second-order valence-corrected chi connectivity index (χ2v) is 5.58. The molecule has 0 aliphatic heterocycles. The Balaban J connectivity index is 2.36. The Morgan fingerprint density at radius 1 is 1.15 bits per heavy atom. The Kier molecular flexibility index (Phi) is 3.46. The van der Waals surface area contributed by atoms with Gasteiger partial charge >= 0.3 is 0 Å². The van der Waals surface area contributed by atoms with Crippen molar-refractivity contribution in [3.63, 3.8) is 0 Å². The standard InChI is InChI=1S/C15H12N2OS2/c1-20-11-6-4-5-10(9-11)17-14(18)12-7-2-3-8-13(12)16-15(17)19/h2-9H,1H3,(H,16,19). The summed E-state index contributed by atoms with van der Waals surface area (Å²) < 4.78 is 1.95. The number of benzene rings is 2. The molecule has 3 aromatic rings. The molecule has 0 fully saturated rings. The molecule has 0 amide bonds. The highest BCUT2D eigenvalue weighted by molar-refractivity contribution is 7.98. The molecular formula is C15H12N2OS2. The van der Waals surface area contributed by atoms with Crippen molar-refractivity contribution in [2.75, 3.05) is 6.26 Å². The lowest BCUT2D eigenvalue weighted by Gasteiger charge is -2.09. The van der Waals surface area contributed by atoms with Crippen LogP contribution in [0.25, 0.3) is 16.6 Å². The molecule has 1 aromatic heterocycles. The van der Waals surface area contributed by atoms with Gasteiger partial charge in [0.2, 0.25) is 0 Å². The topological polar surface area (TPSA) is 37.8 Å². The highest BCUT2D eigenvalue weighted by atomic mass is 32.2. The van der Waals surface area contributed by atoms with Gasteiger partial charge in [-0.3, -0.25) is 9.36 Å². The summed E-state index contributed by atoms with van der Waals surface area (Å²) in [6.45, 7) is 0. The average Bonchev–Trinajstić information content (AvgIpc) is 2.47. The van der Waals surface area contributed by atoms with E-state index in [1.165, 1.54) is 4.57 Å². The molecule has 0 unspecified atom stereocenters. The number of aromatic amines is 1. The second kappa shape index (κ2) is 5.26. The van der Waals surface area contributed by atoms with Crippen LogP contribution in [0.3, 0.4) is 0 Å². The van der Waals surface area contributed by atoms with E-state index in [2.05, 4.69) is 4.98 Å². The van der Waals surface area contributed by atoms with Gasteiger partial charge in [0.25, 0.3) is 5.56 Å². The van der Waals surface area contributed by atoms with Crippen molar-refractivity contribution in [1.29, 1.82) is 0 Å². The van der Waals surface area contributed by atoms with Crippen molar-refractivity contribution in [3.8, 4) is 5.69 Å². The third-order valence-corrected chi connectivity index (χ3v) is 4.13. The highest BCUT2D eigenvalue weighted by Crippen LogP contribution is 2.18. The van der Waals surface area contributed by atoms with E-state index in [1.54, 1.807) is 17.8 Å². The van der Waals surface area contributed by atoms with E-state index < -0.39 is 0 Å². The van der Waals surface area contributed by atoms with Gasteiger partial charge in [-0.15, -0.1) is 11.8 Å². The maximum absolute atomic E-state index is 12.6. The van der Waals surface area contributed by atoms with Crippen molar-refractivity contribution >= 4 is 34.9 Å². The first-order valence-electron chi connectivity index (χ1n) is 6.09. The summed E-state index contributed by atoms with van der Waals surface area (Å²) in [5.74, 6) is 0. The molecule has 0 radical (unpaired) electrons. The predicted molar refractivity (Wildman–Crippen MR) is 86.5 cm³/mol. The van der Waals surface area contributed by atoms with Crippen LogP contribution in [0, 0.1) is 4.77 Å². The first-order chi connectivity index (χ1) is 9.70. The number of hydrogen-bond donors (Lipinski definition) is 1. The van der Waals surface area contributed by atoms with Crippen molar-refractivity contribution in [1.82, 2.24) is 9.55 Å². The van der Waals surface area contributed by atoms with E-state index in [-0.39, 0.29) is 5.56 Å². The summed E-state index contributed by atoms with van der Waals surface area (Å²) in [7, 11) is 0.